The maximum Gasteiger partial charge on any atom is 2.00 e. The summed E-state index contributed by atoms with van der Waals surface area (Å²) >= 11 is 0. The van der Waals surface area contributed by atoms with Gasteiger partial charge in [-0.05, 0) is 27.7 Å². The molecule has 0 fully saturated rings. The molecule has 2 nitrogen and oxygen atoms in total. The van der Waals surface area contributed by atoms with Crippen LogP contribution >= 0.6 is 0 Å². The van der Waals surface area contributed by atoms with Crippen molar-refractivity contribution in [3.63, 3.8) is 0 Å². The van der Waals surface area contributed by atoms with Gasteiger partial charge in [0.25, 0.3) is 0 Å². The van der Waals surface area contributed by atoms with E-state index in [2.05, 4.69) is 6.92 Å². The molecule has 0 saturated heterocycles. The molecule has 0 rings (SSSR count). The summed E-state index contributed by atoms with van der Waals surface area (Å²) in [7, 11) is 0. The van der Waals surface area contributed by atoms with Crippen molar-refractivity contribution < 1.29 is 26.5 Å². The van der Waals surface area contributed by atoms with Crippen LogP contribution in [0.3, 0.4) is 0 Å². The first-order valence-electron chi connectivity index (χ1n) is 4.10. The van der Waals surface area contributed by atoms with Gasteiger partial charge in [0.15, 0.2) is 6.29 Å². The van der Waals surface area contributed by atoms with E-state index in [0.29, 0.717) is 6.61 Å². The Morgan fingerprint density at radius 1 is 1.38 bits per heavy atom. The third-order valence-electron chi connectivity index (χ3n) is 1.49. The molecule has 0 radical (unpaired) electrons. The van der Waals surface area contributed by atoms with E-state index in [9.17, 15) is 0 Å². The second kappa shape index (κ2) is 9.71. The van der Waals surface area contributed by atoms with Crippen molar-refractivity contribution in [2.24, 2.45) is 0 Å². The molecule has 0 heterocycles. The maximum atomic E-state index is 5.54. The van der Waals surface area contributed by atoms with E-state index < -0.39 is 0 Å². The van der Waals surface area contributed by atoms with Crippen LogP contribution < -0.4 is 17.0 Å². The Bertz CT molecular complexity index is 110. The molecule has 0 aromatic rings. The summed E-state index contributed by atoms with van der Waals surface area (Å²) in [5.74, 6) is 0. The number of hydrogen-bond donors (Lipinski definition) is 0. The van der Waals surface area contributed by atoms with Crippen LogP contribution in [-0.2, 0) is 9.47 Å². The predicted molar refractivity (Wildman–Crippen MR) is 52.0 cm³/mol. The number of halogens is 1. The standard InChI is InChI=1S/C9H19O2.BrH.Mg/c1-6-9(4,5)11-8(3)10-7-2;;/h8H,1,6-7H2,2-5H3;1H;/q-1;;+2/p-1. The summed E-state index contributed by atoms with van der Waals surface area (Å²) in [5.41, 5.74) is -0.172. The molecule has 76 valence electrons. The van der Waals surface area contributed by atoms with Gasteiger partial charge in [-0.3, -0.25) is 0 Å². The summed E-state index contributed by atoms with van der Waals surface area (Å²) in [6, 6.07) is 0. The summed E-state index contributed by atoms with van der Waals surface area (Å²) in [6.45, 7) is 12.4. The molecule has 0 amide bonds. The molecule has 0 N–H and O–H groups in total. The molecule has 0 spiro atoms. The molecule has 0 aromatic carbocycles. The fourth-order valence-electron chi connectivity index (χ4n) is 0.777. The normalized spacial score (nSPS) is 12.7. The molecular weight excluding hydrogens is 244 g/mol. The van der Waals surface area contributed by atoms with Crippen LogP contribution in [-0.4, -0.2) is 41.6 Å². The minimum Gasteiger partial charge on any atom is -1.00 e. The fourth-order valence-corrected chi connectivity index (χ4v) is 0.777. The van der Waals surface area contributed by atoms with Crippen LogP contribution in [0.15, 0.2) is 0 Å². The topological polar surface area (TPSA) is 18.5 Å². The first kappa shape index (κ1) is 19.7. The minimum absolute atomic E-state index is 0. The quantitative estimate of drug-likeness (QED) is 0.360. The summed E-state index contributed by atoms with van der Waals surface area (Å²) in [6.07, 6.45) is 0.626. The SMILES string of the molecule is [Br-].[CH2-]CC(C)(C)OC(C)OCC.[Mg+2]. The largest absolute Gasteiger partial charge is 2.00 e. The zero-order valence-corrected chi connectivity index (χ0v) is 12.1. The zero-order chi connectivity index (χ0) is 8.91. The fraction of sp³-hybridized carbons (Fsp3) is 0.889. The average Bonchev–Trinajstić information content (AvgIpc) is 1.87. The molecule has 1 unspecified atom stereocenters. The molecule has 0 aliphatic rings. The van der Waals surface area contributed by atoms with E-state index in [-0.39, 0.29) is 51.9 Å². The van der Waals surface area contributed by atoms with Crippen LogP contribution in [0.25, 0.3) is 0 Å². The van der Waals surface area contributed by atoms with E-state index in [1.165, 1.54) is 0 Å². The maximum absolute atomic E-state index is 5.54. The Labute approximate surface area is 109 Å². The third-order valence-corrected chi connectivity index (χ3v) is 1.49. The van der Waals surface area contributed by atoms with Crippen molar-refractivity contribution in [2.75, 3.05) is 6.61 Å². The van der Waals surface area contributed by atoms with Crippen LogP contribution in [0.4, 0.5) is 0 Å². The van der Waals surface area contributed by atoms with Crippen molar-refractivity contribution in [1.29, 1.82) is 0 Å². The van der Waals surface area contributed by atoms with Crippen molar-refractivity contribution in [1.82, 2.24) is 0 Å². The Kier molecular flexibility index (Phi) is 14.7. The van der Waals surface area contributed by atoms with E-state index in [1.807, 2.05) is 27.7 Å². The molecule has 0 aliphatic heterocycles. The zero-order valence-electron chi connectivity index (χ0n) is 9.10. The molecule has 0 aromatic heterocycles. The van der Waals surface area contributed by atoms with Gasteiger partial charge in [-0.15, -0.1) is 0 Å². The monoisotopic (exact) mass is 262 g/mol. The van der Waals surface area contributed by atoms with Gasteiger partial charge in [0, 0.05) is 12.2 Å². The van der Waals surface area contributed by atoms with Crippen molar-refractivity contribution >= 4 is 23.1 Å². The predicted octanol–water partition coefficient (Wildman–Crippen LogP) is -0.989. The van der Waals surface area contributed by atoms with Crippen LogP contribution in [0.5, 0.6) is 0 Å². The first-order valence-corrected chi connectivity index (χ1v) is 4.10. The van der Waals surface area contributed by atoms with Gasteiger partial charge in [-0.25, -0.2) is 0 Å². The van der Waals surface area contributed by atoms with Crippen molar-refractivity contribution in [3.8, 4) is 0 Å². The van der Waals surface area contributed by atoms with Gasteiger partial charge < -0.3 is 33.4 Å². The smallest absolute Gasteiger partial charge is 1.00 e. The number of rotatable bonds is 5. The van der Waals surface area contributed by atoms with E-state index >= 15 is 0 Å². The van der Waals surface area contributed by atoms with Crippen LogP contribution in [0, 0.1) is 6.92 Å². The van der Waals surface area contributed by atoms with Crippen molar-refractivity contribution in [3.05, 3.63) is 6.92 Å². The third kappa shape index (κ3) is 11.1. The van der Waals surface area contributed by atoms with Crippen LogP contribution in [0.2, 0.25) is 0 Å². The van der Waals surface area contributed by atoms with Crippen LogP contribution in [0.1, 0.15) is 34.1 Å². The van der Waals surface area contributed by atoms with E-state index in [1.54, 1.807) is 0 Å². The molecule has 0 saturated carbocycles. The van der Waals surface area contributed by atoms with Crippen molar-refractivity contribution in [2.45, 2.75) is 46.0 Å². The molecule has 0 bridgehead atoms. The second-order valence-corrected chi connectivity index (χ2v) is 3.15. The molecular formula is C9H19BrMgO2. The van der Waals surface area contributed by atoms with Gasteiger partial charge in [0.2, 0.25) is 0 Å². The summed E-state index contributed by atoms with van der Waals surface area (Å²) in [4.78, 5) is 0. The summed E-state index contributed by atoms with van der Waals surface area (Å²) < 4.78 is 10.8. The Morgan fingerprint density at radius 3 is 2.15 bits per heavy atom. The van der Waals surface area contributed by atoms with Gasteiger partial charge in [0.05, 0.1) is 0 Å². The number of hydrogen-bond acceptors (Lipinski definition) is 2. The minimum atomic E-state index is -0.172. The average molecular weight is 263 g/mol. The Hall–Kier alpha value is 1.17. The molecule has 1 atom stereocenters. The molecule has 0 aliphatic carbocycles. The number of ether oxygens (including phenoxy) is 2. The Morgan fingerprint density at radius 2 is 1.85 bits per heavy atom. The van der Waals surface area contributed by atoms with E-state index in [0.717, 1.165) is 6.42 Å². The van der Waals surface area contributed by atoms with E-state index in [4.69, 9.17) is 9.47 Å². The molecule has 13 heavy (non-hydrogen) atoms. The van der Waals surface area contributed by atoms with Gasteiger partial charge >= 0.3 is 23.1 Å². The van der Waals surface area contributed by atoms with Gasteiger partial charge in [0.1, 0.15) is 0 Å². The van der Waals surface area contributed by atoms with Gasteiger partial charge in [-0.2, -0.15) is 6.42 Å². The first-order chi connectivity index (χ1) is 5.02. The molecule has 4 heteroatoms. The Balaban J connectivity index is -0.000000500. The summed E-state index contributed by atoms with van der Waals surface area (Å²) in [5, 5.41) is 0. The van der Waals surface area contributed by atoms with Gasteiger partial charge in [-0.1, -0.05) is 0 Å². The second-order valence-electron chi connectivity index (χ2n) is 3.15.